The van der Waals surface area contributed by atoms with Gasteiger partial charge in [-0.25, -0.2) is 5.48 Å². The van der Waals surface area contributed by atoms with Gasteiger partial charge in [0.2, 0.25) is 0 Å². The first-order chi connectivity index (χ1) is 10.7. The number of nitrogens with zero attached hydrogens (tertiary/aromatic N) is 1. The third-order valence-electron chi connectivity index (χ3n) is 4.06. The van der Waals surface area contributed by atoms with Crippen molar-refractivity contribution in [2.24, 2.45) is 5.92 Å². The molecule has 0 spiro atoms. The predicted octanol–water partition coefficient (Wildman–Crippen LogP) is 1.61. The smallest absolute Gasteiger partial charge is 0.265 e. The first-order valence-electron chi connectivity index (χ1n) is 7.42. The Kier molecular flexibility index (Phi) is 5.94. The van der Waals surface area contributed by atoms with Crippen molar-refractivity contribution >= 4 is 5.91 Å². The summed E-state index contributed by atoms with van der Waals surface area (Å²) in [5.41, 5.74) is 5.30. The number of amides is 1. The lowest BCUT2D eigenvalue weighted by Gasteiger charge is -2.36. The summed E-state index contributed by atoms with van der Waals surface area (Å²) in [5, 5.41) is 9.04. The first-order valence-corrected chi connectivity index (χ1v) is 7.42. The maximum atomic E-state index is 12.1. The molecule has 1 amide bonds. The number of hydroxylamine groups is 2. The van der Waals surface area contributed by atoms with Gasteiger partial charge in [0.25, 0.3) is 5.91 Å². The van der Waals surface area contributed by atoms with Crippen LogP contribution >= 0.6 is 0 Å². The third kappa shape index (κ3) is 3.85. The second-order valence-corrected chi connectivity index (χ2v) is 5.37. The number of hydrogen-bond acceptors (Lipinski definition) is 5. The van der Waals surface area contributed by atoms with Crippen LogP contribution in [0.1, 0.15) is 24.4 Å². The van der Waals surface area contributed by atoms with Crippen LogP contribution < -0.4 is 11.0 Å². The fourth-order valence-corrected chi connectivity index (χ4v) is 2.92. The van der Waals surface area contributed by atoms with Crippen LogP contribution in [-0.4, -0.2) is 36.2 Å². The molecule has 1 unspecified atom stereocenters. The maximum Gasteiger partial charge on any atom is 0.265 e. The minimum atomic E-state index is -0.481. The maximum absolute atomic E-state index is 12.1. The van der Waals surface area contributed by atoms with E-state index in [9.17, 15) is 4.79 Å². The van der Waals surface area contributed by atoms with Gasteiger partial charge in [-0.1, -0.05) is 36.9 Å². The van der Waals surface area contributed by atoms with Gasteiger partial charge < -0.3 is 4.84 Å². The summed E-state index contributed by atoms with van der Waals surface area (Å²) in [6.45, 7) is 5.40. The van der Waals surface area contributed by atoms with Gasteiger partial charge in [-0.3, -0.25) is 14.9 Å². The van der Waals surface area contributed by atoms with Gasteiger partial charge >= 0.3 is 0 Å². The summed E-state index contributed by atoms with van der Waals surface area (Å²) < 4.78 is 0. The lowest BCUT2D eigenvalue weighted by atomic mass is 9.93. The van der Waals surface area contributed by atoms with Crippen molar-refractivity contribution in [3.05, 3.63) is 48.2 Å². The minimum absolute atomic E-state index is 0.275. The van der Waals surface area contributed by atoms with Crippen LogP contribution in [0.15, 0.2) is 42.7 Å². The first kappa shape index (κ1) is 16.5. The van der Waals surface area contributed by atoms with Gasteiger partial charge in [0.05, 0.1) is 0 Å². The van der Waals surface area contributed by atoms with Gasteiger partial charge in [0.1, 0.15) is 11.8 Å². The number of carbonyl (C=O) groups excluding carboxylic acids is 1. The molecule has 6 heteroatoms. The molecule has 1 aliphatic heterocycles. The Morgan fingerprint density at radius 1 is 1.36 bits per heavy atom. The zero-order chi connectivity index (χ0) is 15.9. The van der Waals surface area contributed by atoms with Crippen LogP contribution in [0.2, 0.25) is 0 Å². The molecular weight excluding hydrogens is 282 g/mol. The number of hydrogen-bond donors (Lipinski definition) is 3. The zero-order valence-corrected chi connectivity index (χ0v) is 12.8. The van der Waals surface area contributed by atoms with Crippen molar-refractivity contribution in [1.82, 2.24) is 15.9 Å². The molecule has 1 aromatic carbocycles. The summed E-state index contributed by atoms with van der Waals surface area (Å²) in [4.78, 5) is 19.4. The molecular formula is C16H23N3O3. The molecule has 0 saturated carbocycles. The van der Waals surface area contributed by atoms with Gasteiger partial charge in [0, 0.05) is 13.0 Å². The highest BCUT2D eigenvalue weighted by Crippen LogP contribution is 2.30. The van der Waals surface area contributed by atoms with E-state index < -0.39 is 11.9 Å². The van der Waals surface area contributed by atoms with E-state index in [1.807, 2.05) is 30.3 Å². The average Bonchev–Trinajstić information content (AvgIpc) is 2.56. The number of likely N-dealkylation sites (tertiary alicyclic amines) is 1. The van der Waals surface area contributed by atoms with Gasteiger partial charge in [0.15, 0.2) is 0 Å². The Hall–Kier alpha value is -1.89. The molecule has 22 heavy (non-hydrogen) atoms. The molecule has 0 aromatic heterocycles. The Morgan fingerprint density at radius 2 is 2.00 bits per heavy atom. The van der Waals surface area contributed by atoms with Crippen LogP contribution in [0.4, 0.5) is 0 Å². The fourth-order valence-electron chi connectivity index (χ4n) is 2.92. The number of allylic oxidation sites excluding steroid dienone is 1. The van der Waals surface area contributed by atoms with Crippen molar-refractivity contribution in [1.29, 1.82) is 0 Å². The normalized spacial score (nSPS) is 17.7. The Bertz CT molecular complexity index is 499. The number of carbonyl (C=O) groups is 1. The third-order valence-corrected chi connectivity index (χ3v) is 4.06. The molecule has 1 heterocycles. The number of rotatable bonds is 6. The van der Waals surface area contributed by atoms with E-state index in [1.54, 1.807) is 12.5 Å². The average molecular weight is 305 g/mol. The van der Waals surface area contributed by atoms with Crippen molar-refractivity contribution < 1.29 is 14.8 Å². The topological polar surface area (TPSA) is 73.8 Å². The van der Waals surface area contributed by atoms with Crippen LogP contribution in [-0.2, 0) is 9.63 Å². The molecule has 0 bridgehead atoms. The molecule has 1 aliphatic rings. The lowest BCUT2D eigenvalue weighted by Crippen LogP contribution is -2.44. The van der Waals surface area contributed by atoms with Crippen LogP contribution in [0.3, 0.4) is 0 Å². The van der Waals surface area contributed by atoms with E-state index in [0.29, 0.717) is 0 Å². The second kappa shape index (κ2) is 7.93. The van der Waals surface area contributed by atoms with Crippen molar-refractivity contribution in [2.75, 3.05) is 20.1 Å². The summed E-state index contributed by atoms with van der Waals surface area (Å²) in [6, 6.07) is 9.00. The Morgan fingerprint density at radius 3 is 2.55 bits per heavy atom. The molecule has 1 saturated heterocycles. The van der Waals surface area contributed by atoms with E-state index in [-0.39, 0.29) is 5.92 Å². The Labute approximate surface area is 130 Å². The number of piperidine rings is 1. The number of benzene rings is 1. The minimum Gasteiger partial charge on any atom is -0.414 e. The molecule has 0 aliphatic carbocycles. The summed E-state index contributed by atoms with van der Waals surface area (Å²) in [5.74, 6) is 0.595. The van der Waals surface area contributed by atoms with Crippen LogP contribution in [0, 0.1) is 5.92 Å². The summed E-state index contributed by atoms with van der Waals surface area (Å²) in [7, 11) is 1.71. The summed E-state index contributed by atoms with van der Waals surface area (Å²) in [6.07, 6.45) is 1.73. The second-order valence-electron chi connectivity index (χ2n) is 5.37. The zero-order valence-electron chi connectivity index (χ0n) is 12.8. The highest BCUT2D eigenvalue weighted by Gasteiger charge is 2.32. The monoisotopic (exact) mass is 305 g/mol. The largest absolute Gasteiger partial charge is 0.414 e. The fraction of sp³-hybridized carbons (Fsp3) is 0.438. The molecule has 0 radical (unpaired) electrons. The van der Waals surface area contributed by atoms with Gasteiger partial charge in [-0.2, -0.15) is 5.48 Å². The standard InChI is InChI=1S/C16H23N3O3/c1-12(22-17-2)13-8-10-19(11-9-13)15(16(20)18-21)14-6-4-3-5-7-14/h3-7,13,15,17,21H,1,8-11H2,2H3,(H,18,20). The van der Waals surface area contributed by atoms with Gasteiger partial charge in [-0.15, -0.1) is 0 Å². The quantitative estimate of drug-likeness (QED) is 0.423. The van der Waals surface area contributed by atoms with Crippen molar-refractivity contribution in [2.45, 2.75) is 18.9 Å². The molecule has 6 nitrogen and oxygen atoms in total. The molecule has 1 fully saturated rings. The van der Waals surface area contributed by atoms with Crippen molar-refractivity contribution in [3.8, 4) is 0 Å². The lowest BCUT2D eigenvalue weighted by molar-refractivity contribution is -0.135. The predicted molar refractivity (Wildman–Crippen MR) is 82.7 cm³/mol. The summed E-state index contributed by atoms with van der Waals surface area (Å²) >= 11 is 0. The highest BCUT2D eigenvalue weighted by atomic mass is 16.6. The van der Waals surface area contributed by atoms with E-state index >= 15 is 0 Å². The van der Waals surface area contributed by atoms with E-state index in [0.717, 1.165) is 37.3 Å². The molecule has 3 N–H and O–H groups in total. The molecule has 2 rings (SSSR count). The molecule has 1 atom stereocenters. The van der Waals surface area contributed by atoms with Crippen molar-refractivity contribution in [3.63, 3.8) is 0 Å². The van der Waals surface area contributed by atoms with Crippen LogP contribution in [0.25, 0.3) is 0 Å². The molecule has 120 valence electrons. The van der Waals surface area contributed by atoms with E-state index in [2.05, 4.69) is 17.0 Å². The van der Waals surface area contributed by atoms with E-state index in [1.165, 1.54) is 0 Å². The van der Waals surface area contributed by atoms with E-state index in [4.69, 9.17) is 10.0 Å². The Balaban J connectivity index is 2.05. The number of nitrogens with one attached hydrogen (secondary N) is 2. The molecule has 1 aromatic rings. The van der Waals surface area contributed by atoms with Gasteiger partial charge in [-0.05, 0) is 31.5 Å². The SMILES string of the molecule is C=C(ONC)C1CCN(C(C(=O)NO)c2ccccc2)CC1. The van der Waals surface area contributed by atoms with Crippen LogP contribution in [0.5, 0.6) is 0 Å². The highest BCUT2D eigenvalue weighted by molar-refractivity contribution is 5.82.